The normalized spacial score (nSPS) is 11.0. The van der Waals surface area contributed by atoms with Crippen LogP contribution in [0, 0.1) is 13.8 Å². The van der Waals surface area contributed by atoms with Crippen LogP contribution in [-0.2, 0) is 0 Å². The van der Waals surface area contributed by atoms with Crippen LogP contribution >= 0.6 is 0 Å². The molecule has 0 saturated heterocycles. The third-order valence-corrected chi connectivity index (χ3v) is 4.03. The maximum atomic E-state index is 9.56. The standard InChI is InChI=1S/C20H18N4O/c1-13-10-14(2)12-16(11-13)22-19-18(15-4-6-17(25)7-5-15)23-20-21-8-3-9-24(19)20/h3-12,22,25H,1-2H3. The van der Waals surface area contributed by atoms with Crippen LogP contribution in [0.15, 0.2) is 60.9 Å². The first-order valence-electron chi connectivity index (χ1n) is 8.08. The van der Waals surface area contributed by atoms with E-state index in [4.69, 9.17) is 0 Å². The predicted molar refractivity (Wildman–Crippen MR) is 99.3 cm³/mol. The van der Waals surface area contributed by atoms with Gasteiger partial charge < -0.3 is 10.4 Å². The van der Waals surface area contributed by atoms with Crippen LogP contribution in [0.1, 0.15) is 11.1 Å². The quantitative estimate of drug-likeness (QED) is 0.582. The lowest BCUT2D eigenvalue weighted by Crippen LogP contribution is -1.98. The van der Waals surface area contributed by atoms with Crippen LogP contribution in [-0.4, -0.2) is 19.5 Å². The van der Waals surface area contributed by atoms with Gasteiger partial charge in [0.25, 0.3) is 0 Å². The highest BCUT2D eigenvalue weighted by atomic mass is 16.3. The minimum Gasteiger partial charge on any atom is -0.508 e. The molecule has 0 atom stereocenters. The summed E-state index contributed by atoms with van der Waals surface area (Å²) >= 11 is 0. The number of nitrogens with one attached hydrogen (secondary N) is 1. The number of phenolic OH excluding ortho intramolecular Hbond substituents is 1. The smallest absolute Gasteiger partial charge is 0.235 e. The molecule has 25 heavy (non-hydrogen) atoms. The van der Waals surface area contributed by atoms with Crippen molar-refractivity contribution in [1.82, 2.24) is 14.4 Å². The van der Waals surface area contributed by atoms with Crippen molar-refractivity contribution in [2.75, 3.05) is 5.32 Å². The lowest BCUT2D eigenvalue weighted by Gasteiger charge is -2.10. The van der Waals surface area contributed by atoms with Gasteiger partial charge in [-0.25, -0.2) is 9.97 Å². The van der Waals surface area contributed by atoms with Crippen molar-refractivity contribution in [3.63, 3.8) is 0 Å². The zero-order valence-electron chi connectivity index (χ0n) is 14.1. The molecule has 0 amide bonds. The molecule has 2 N–H and O–H groups in total. The summed E-state index contributed by atoms with van der Waals surface area (Å²) < 4.78 is 1.93. The fraction of sp³-hybridized carbons (Fsp3) is 0.100. The van der Waals surface area contributed by atoms with E-state index in [-0.39, 0.29) is 5.75 Å². The zero-order chi connectivity index (χ0) is 17.4. The fourth-order valence-corrected chi connectivity index (χ4v) is 3.01. The van der Waals surface area contributed by atoms with Gasteiger partial charge in [0, 0.05) is 23.6 Å². The monoisotopic (exact) mass is 330 g/mol. The molecule has 0 radical (unpaired) electrons. The highest BCUT2D eigenvalue weighted by molar-refractivity contribution is 5.79. The van der Waals surface area contributed by atoms with E-state index in [2.05, 4.69) is 47.3 Å². The second-order valence-corrected chi connectivity index (χ2v) is 6.15. The van der Waals surface area contributed by atoms with E-state index in [0.29, 0.717) is 5.78 Å². The Kier molecular flexibility index (Phi) is 3.61. The van der Waals surface area contributed by atoms with Crippen molar-refractivity contribution in [2.24, 2.45) is 0 Å². The van der Waals surface area contributed by atoms with Crippen molar-refractivity contribution in [1.29, 1.82) is 0 Å². The highest BCUT2D eigenvalue weighted by Crippen LogP contribution is 2.31. The van der Waals surface area contributed by atoms with Gasteiger partial charge >= 0.3 is 0 Å². The van der Waals surface area contributed by atoms with E-state index in [1.807, 2.05) is 28.8 Å². The average molecular weight is 330 g/mol. The average Bonchev–Trinajstić information content (AvgIpc) is 2.93. The summed E-state index contributed by atoms with van der Waals surface area (Å²) in [4.78, 5) is 9.01. The van der Waals surface area contributed by atoms with E-state index in [9.17, 15) is 5.11 Å². The molecule has 2 aromatic heterocycles. The largest absolute Gasteiger partial charge is 0.508 e. The Morgan fingerprint density at radius 2 is 1.72 bits per heavy atom. The minimum absolute atomic E-state index is 0.231. The number of anilines is 2. The summed E-state index contributed by atoms with van der Waals surface area (Å²) in [6.07, 6.45) is 3.66. The highest BCUT2D eigenvalue weighted by Gasteiger charge is 2.15. The molecule has 0 spiro atoms. The van der Waals surface area contributed by atoms with E-state index in [0.717, 1.165) is 22.8 Å². The zero-order valence-corrected chi connectivity index (χ0v) is 14.1. The lowest BCUT2D eigenvalue weighted by molar-refractivity contribution is 0.475. The summed E-state index contributed by atoms with van der Waals surface area (Å²) in [7, 11) is 0. The van der Waals surface area contributed by atoms with Crippen molar-refractivity contribution >= 4 is 17.3 Å². The van der Waals surface area contributed by atoms with Crippen molar-refractivity contribution in [3.8, 4) is 17.0 Å². The second-order valence-electron chi connectivity index (χ2n) is 6.15. The minimum atomic E-state index is 0.231. The van der Waals surface area contributed by atoms with Gasteiger partial charge in [-0.05, 0) is 67.4 Å². The second kappa shape index (κ2) is 5.94. The fourth-order valence-electron chi connectivity index (χ4n) is 3.01. The number of hydrogen-bond donors (Lipinski definition) is 2. The van der Waals surface area contributed by atoms with Crippen LogP contribution in [0.25, 0.3) is 17.0 Å². The maximum Gasteiger partial charge on any atom is 0.235 e. The first-order valence-corrected chi connectivity index (χ1v) is 8.08. The first-order chi connectivity index (χ1) is 12.1. The van der Waals surface area contributed by atoms with Crippen molar-refractivity contribution < 1.29 is 5.11 Å². The van der Waals surface area contributed by atoms with E-state index < -0.39 is 0 Å². The van der Waals surface area contributed by atoms with Crippen LogP contribution in [0.3, 0.4) is 0 Å². The van der Waals surface area contributed by atoms with Gasteiger partial charge in [0.15, 0.2) is 0 Å². The van der Waals surface area contributed by atoms with Crippen LogP contribution in [0.5, 0.6) is 5.75 Å². The number of nitrogens with zero attached hydrogens (tertiary/aromatic N) is 3. The first kappa shape index (κ1) is 15.2. The number of aryl methyl sites for hydroxylation is 2. The number of phenols is 1. The summed E-state index contributed by atoms with van der Waals surface area (Å²) in [5.41, 5.74) is 5.09. The predicted octanol–water partition coefficient (Wildman–Crippen LogP) is 4.46. The Morgan fingerprint density at radius 1 is 1.00 bits per heavy atom. The molecule has 4 aromatic rings. The third kappa shape index (κ3) is 2.92. The van der Waals surface area contributed by atoms with E-state index in [1.165, 1.54) is 11.1 Å². The molecule has 0 unspecified atom stereocenters. The van der Waals surface area contributed by atoms with Gasteiger partial charge in [-0.2, -0.15) is 0 Å². The molecule has 0 aliphatic rings. The Hall–Kier alpha value is -3.34. The van der Waals surface area contributed by atoms with Crippen LogP contribution in [0.2, 0.25) is 0 Å². The Morgan fingerprint density at radius 3 is 2.44 bits per heavy atom. The molecular formula is C20H18N4O. The maximum absolute atomic E-state index is 9.56. The molecule has 2 aromatic carbocycles. The van der Waals surface area contributed by atoms with Crippen LogP contribution in [0.4, 0.5) is 11.5 Å². The summed E-state index contributed by atoms with van der Waals surface area (Å²) in [5.74, 6) is 1.70. The Labute approximate surface area is 145 Å². The summed E-state index contributed by atoms with van der Waals surface area (Å²) in [5, 5.41) is 13.0. The molecule has 5 heteroatoms. The van der Waals surface area contributed by atoms with Crippen molar-refractivity contribution in [2.45, 2.75) is 13.8 Å². The van der Waals surface area contributed by atoms with Gasteiger partial charge in [0.1, 0.15) is 17.3 Å². The number of rotatable bonds is 3. The van der Waals surface area contributed by atoms with Crippen LogP contribution < -0.4 is 5.32 Å². The number of fused-ring (bicyclic) bond motifs is 1. The molecule has 5 nitrogen and oxygen atoms in total. The van der Waals surface area contributed by atoms with Gasteiger partial charge in [-0.15, -0.1) is 0 Å². The molecule has 0 aliphatic heterocycles. The Balaban J connectivity index is 1.88. The number of hydrogen-bond acceptors (Lipinski definition) is 4. The number of imidazole rings is 1. The number of aromatic hydroxyl groups is 1. The molecule has 0 bridgehead atoms. The van der Waals surface area contributed by atoms with E-state index >= 15 is 0 Å². The number of benzene rings is 2. The molecule has 124 valence electrons. The van der Waals surface area contributed by atoms with Gasteiger partial charge in [-0.3, -0.25) is 4.40 Å². The molecular weight excluding hydrogens is 312 g/mol. The van der Waals surface area contributed by atoms with Gasteiger partial charge in [0.2, 0.25) is 5.78 Å². The molecule has 0 saturated carbocycles. The topological polar surface area (TPSA) is 62.5 Å². The van der Waals surface area contributed by atoms with Gasteiger partial charge in [0.05, 0.1) is 0 Å². The molecule has 2 heterocycles. The lowest BCUT2D eigenvalue weighted by atomic mass is 10.1. The third-order valence-electron chi connectivity index (χ3n) is 4.03. The summed E-state index contributed by atoms with van der Waals surface area (Å²) in [6, 6.07) is 15.2. The van der Waals surface area contributed by atoms with E-state index in [1.54, 1.807) is 18.3 Å². The molecule has 4 rings (SSSR count). The van der Waals surface area contributed by atoms with Gasteiger partial charge in [-0.1, -0.05) is 6.07 Å². The molecule has 0 aliphatic carbocycles. The van der Waals surface area contributed by atoms with Crippen molar-refractivity contribution in [3.05, 3.63) is 72.1 Å². The molecule has 0 fully saturated rings. The summed E-state index contributed by atoms with van der Waals surface area (Å²) in [6.45, 7) is 4.16. The number of aromatic nitrogens is 3. The SMILES string of the molecule is Cc1cc(C)cc(Nc2c(-c3ccc(O)cc3)nc3ncccn23)c1. The Bertz CT molecular complexity index is 1030.